The van der Waals surface area contributed by atoms with Gasteiger partial charge in [0.2, 0.25) is 0 Å². The Morgan fingerprint density at radius 1 is 0.143 bits per heavy atom. The minimum Gasteiger partial charge on any atom is -0.454 e. The average molecular weight is 1880 g/mol. The van der Waals surface area contributed by atoms with Gasteiger partial charge < -0.3 is 40.7 Å². The Morgan fingerprint density at radius 3 is 0.932 bits per heavy atom. The summed E-state index contributed by atoms with van der Waals surface area (Å²) in [6.45, 7) is 0. The summed E-state index contributed by atoms with van der Waals surface area (Å²) in [7, 11) is 0. The van der Waals surface area contributed by atoms with Gasteiger partial charge in [0.15, 0.2) is 16.7 Å². The molecule has 684 valence electrons. The van der Waals surface area contributed by atoms with E-state index >= 15 is 0 Å². The van der Waals surface area contributed by atoms with Crippen molar-refractivity contribution in [3.63, 3.8) is 0 Å². The van der Waals surface area contributed by atoms with Crippen molar-refractivity contribution in [2.24, 2.45) is 0 Å². The fourth-order valence-corrected chi connectivity index (χ4v) is 24.1. The molecule has 0 atom stereocenters. The monoisotopic (exact) mass is 1870 g/mol. The van der Waals surface area contributed by atoms with E-state index < -0.39 is 0 Å². The summed E-state index contributed by atoms with van der Waals surface area (Å²) in [5.41, 5.74) is 32.5. The van der Waals surface area contributed by atoms with Gasteiger partial charge in [-0.3, -0.25) is 0 Å². The summed E-state index contributed by atoms with van der Waals surface area (Å²) < 4.78 is 34.6. The topological polar surface area (TPSA) is 81.9 Å². The highest BCUT2D eigenvalue weighted by molar-refractivity contribution is 6.30. The standard InChI is InChI=1S/C47H29N3O.C46H28N2O.C44H26N2O/c1-4-13-30(14-5-1)40-20-12-21-41(48-40)31-23-24-34-38-28-39-36-25-26-37-35-19-10-11-22-45(35)51-47(37)46(36)50(33-17-8-3-9-18-33)44(39)29-43(38)49(42(34)27-31)32-15-6-2-7-16-32;1-3-13-33(14-4-1)47-41-26-32(31-20-19-29-11-7-8-12-30(29)25-31)21-22-35(41)39-27-40-37-23-24-38-36-17-9-10-18-44(36)49-46(38)45(37)48(43(40)28-42(39)47)34-15-5-2-6-16-34;1-2-13-28(14-3-1)45-38-20-10-8-18-32(38)36-25-37-34-22-23-35-33-19-9-11-21-42(33)47-44(35)43(34)46(41(37)26-40(36)45)39-24-27-12-4-5-15-29(27)30-16-6-7-17-31(30)39/h1-29H;1-28H;1-26H. The molecule has 0 unspecified atom stereocenters. The lowest BCUT2D eigenvalue weighted by molar-refractivity contribution is 0.670. The molecule has 10 nitrogen and oxygen atoms in total. The maximum absolute atomic E-state index is 6.77. The Balaban J connectivity index is 0.0000001000. The third kappa shape index (κ3) is 12.6. The second kappa shape index (κ2) is 32.4. The third-order valence-electron chi connectivity index (χ3n) is 30.6. The number of hydrogen-bond donors (Lipinski definition) is 0. The lowest BCUT2D eigenvalue weighted by Crippen LogP contribution is -1.97. The number of rotatable bonds is 9. The first-order valence-electron chi connectivity index (χ1n) is 50.2. The van der Waals surface area contributed by atoms with Crippen LogP contribution in [0.2, 0.25) is 0 Å². The van der Waals surface area contributed by atoms with Crippen LogP contribution in [-0.4, -0.2) is 32.4 Å². The molecule has 0 amide bonds. The predicted octanol–water partition coefficient (Wildman–Crippen LogP) is 37.2. The molecule has 0 aliphatic heterocycles. The highest BCUT2D eigenvalue weighted by Crippen LogP contribution is 2.51. The van der Waals surface area contributed by atoms with E-state index in [1.165, 1.54) is 130 Å². The number of aromatic nitrogens is 7. The predicted molar refractivity (Wildman–Crippen MR) is 614 cm³/mol. The molecule has 0 spiro atoms. The molecule has 33 aromatic rings. The van der Waals surface area contributed by atoms with Crippen LogP contribution in [0.4, 0.5) is 0 Å². The molecule has 0 bridgehead atoms. The summed E-state index contributed by atoms with van der Waals surface area (Å²) in [5.74, 6) is 0. The smallest absolute Gasteiger partial charge is 0.160 e. The van der Waals surface area contributed by atoms with Crippen molar-refractivity contribution >= 4 is 229 Å². The van der Waals surface area contributed by atoms with Crippen molar-refractivity contribution in [3.05, 3.63) is 504 Å². The molecule has 0 saturated heterocycles. The van der Waals surface area contributed by atoms with E-state index in [9.17, 15) is 0 Å². The largest absolute Gasteiger partial charge is 0.454 e. The SMILES string of the molecule is c1ccc(-c2cccc(-c3ccc4c5cc6c7ccc8c9ccccc9oc8c7n(-c7ccccc7)c6cc5n(-c5ccccc5)c4c3)n2)cc1.c1ccc(-n2c3cc(-c4ccc5ccccc5c4)ccc3c3cc4c5ccc6c7ccccc7oc6c5n(-c5ccccc5)c4cc32)cc1.c1ccc(-n2c3ccccc3c3cc4c5ccc6c7ccccc7oc6c5n(-c5cc6ccccc6c6ccccc56)c4cc32)cc1. The Hall–Kier alpha value is -19.8. The molecule has 33 rings (SSSR count). The zero-order valence-electron chi connectivity index (χ0n) is 79.3. The molecular weight excluding hydrogens is 1790 g/mol. The Labute approximate surface area is 840 Å². The molecule has 10 heteroatoms. The van der Waals surface area contributed by atoms with Gasteiger partial charge in [-0.2, -0.15) is 0 Å². The number of pyridine rings is 1. The molecule has 0 fully saturated rings. The van der Waals surface area contributed by atoms with E-state index in [-0.39, 0.29) is 0 Å². The second-order valence-corrected chi connectivity index (χ2v) is 38.6. The molecule has 10 aromatic heterocycles. The molecule has 23 aromatic carbocycles. The highest BCUT2D eigenvalue weighted by Gasteiger charge is 2.29. The lowest BCUT2D eigenvalue weighted by atomic mass is 10.00. The number of furan rings is 3. The van der Waals surface area contributed by atoms with Crippen LogP contribution >= 0.6 is 0 Å². The first kappa shape index (κ1) is 82.0. The van der Waals surface area contributed by atoms with Gasteiger partial charge in [-0.25, -0.2) is 4.98 Å². The number of nitrogens with zero attached hydrogens (tertiary/aromatic N) is 7. The number of hydrogen-bond acceptors (Lipinski definition) is 4. The third-order valence-corrected chi connectivity index (χ3v) is 30.6. The van der Waals surface area contributed by atoms with Crippen LogP contribution in [0.5, 0.6) is 0 Å². The van der Waals surface area contributed by atoms with Crippen LogP contribution in [-0.2, 0) is 0 Å². The zero-order valence-corrected chi connectivity index (χ0v) is 79.3. The zero-order chi connectivity index (χ0) is 96.2. The van der Waals surface area contributed by atoms with Crippen LogP contribution in [0, 0.1) is 0 Å². The van der Waals surface area contributed by atoms with E-state index in [0.717, 1.165) is 167 Å². The second-order valence-electron chi connectivity index (χ2n) is 38.6. The Bertz CT molecular complexity index is 11300. The first-order valence-corrected chi connectivity index (χ1v) is 50.2. The van der Waals surface area contributed by atoms with Crippen molar-refractivity contribution in [1.82, 2.24) is 32.4 Å². The van der Waals surface area contributed by atoms with Gasteiger partial charge in [-0.1, -0.05) is 328 Å². The van der Waals surface area contributed by atoms with Crippen molar-refractivity contribution in [3.8, 4) is 67.8 Å². The summed E-state index contributed by atoms with van der Waals surface area (Å²) in [6.07, 6.45) is 0. The highest BCUT2D eigenvalue weighted by atomic mass is 16.3. The van der Waals surface area contributed by atoms with E-state index in [2.05, 4.69) is 513 Å². The summed E-state index contributed by atoms with van der Waals surface area (Å²) in [5, 5.41) is 28.7. The lowest BCUT2D eigenvalue weighted by Gasteiger charge is -2.15. The molecule has 0 saturated carbocycles. The van der Waals surface area contributed by atoms with Crippen LogP contribution in [0.15, 0.2) is 517 Å². The van der Waals surface area contributed by atoms with Gasteiger partial charge in [0, 0.05) is 142 Å². The van der Waals surface area contributed by atoms with Crippen LogP contribution in [0.3, 0.4) is 0 Å². The molecule has 147 heavy (non-hydrogen) atoms. The quantitative estimate of drug-likeness (QED) is 0.135. The Kier molecular flexibility index (Phi) is 18.0. The number of para-hydroxylation sites is 9. The van der Waals surface area contributed by atoms with Gasteiger partial charge in [0.25, 0.3) is 0 Å². The van der Waals surface area contributed by atoms with Gasteiger partial charge in [-0.15, -0.1) is 0 Å². The van der Waals surface area contributed by atoms with E-state index in [1.807, 2.05) is 18.2 Å². The van der Waals surface area contributed by atoms with Crippen LogP contribution < -0.4 is 0 Å². The molecule has 0 N–H and O–H groups in total. The summed E-state index contributed by atoms with van der Waals surface area (Å²) in [4.78, 5) is 5.11. The average Bonchev–Trinajstić information content (AvgIpc) is 1.55. The van der Waals surface area contributed by atoms with Crippen molar-refractivity contribution in [2.75, 3.05) is 0 Å². The molecule has 0 aliphatic carbocycles. The maximum Gasteiger partial charge on any atom is 0.160 e. The maximum atomic E-state index is 6.77. The summed E-state index contributed by atoms with van der Waals surface area (Å²) in [6, 6.07) is 181. The fraction of sp³-hybridized carbons (Fsp3) is 0. The number of benzene rings is 23. The minimum absolute atomic E-state index is 0.899. The van der Waals surface area contributed by atoms with Gasteiger partial charge >= 0.3 is 0 Å². The molecular formula is C137H83N7O3. The van der Waals surface area contributed by atoms with Crippen molar-refractivity contribution in [2.45, 2.75) is 0 Å². The fourth-order valence-electron chi connectivity index (χ4n) is 24.1. The van der Waals surface area contributed by atoms with E-state index in [0.29, 0.717) is 0 Å². The molecule has 0 aliphatic rings. The number of fused-ring (bicyclic) bond motifs is 34. The van der Waals surface area contributed by atoms with Gasteiger partial charge in [-0.05, 0) is 214 Å². The van der Waals surface area contributed by atoms with Crippen molar-refractivity contribution < 1.29 is 13.3 Å². The van der Waals surface area contributed by atoms with E-state index in [1.54, 1.807) is 0 Å². The normalized spacial score (nSPS) is 12.1. The van der Waals surface area contributed by atoms with E-state index in [4.69, 9.17) is 18.2 Å². The first-order chi connectivity index (χ1) is 72.9. The minimum atomic E-state index is 0.899. The van der Waals surface area contributed by atoms with Crippen LogP contribution in [0.25, 0.3) is 297 Å². The molecule has 0 radical (unpaired) electrons. The molecule has 10 heterocycles. The van der Waals surface area contributed by atoms with Crippen LogP contribution in [0.1, 0.15) is 0 Å². The Morgan fingerprint density at radius 2 is 0.449 bits per heavy atom. The van der Waals surface area contributed by atoms with Crippen molar-refractivity contribution in [1.29, 1.82) is 0 Å². The van der Waals surface area contributed by atoms with Gasteiger partial charge in [0.1, 0.15) is 16.7 Å². The van der Waals surface area contributed by atoms with Gasteiger partial charge in [0.05, 0.1) is 83.3 Å². The summed E-state index contributed by atoms with van der Waals surface area (Å²) >= 11 is 0.